The molecule has 0 aromatic heterocycles. The maximum absolute atomic E-state index is 12.9. The lowest BCUT2D eigenvalue weighted by Gasteiger charge is -2.27. The normalized spacial score (nSPS) is 11.1. The van der Waals surface area contributed by atoms with Crippen LogP contribution in [0.25, 0.3) is 0 Å². The van der Waals surface area contributed by atoms with Crippen molar-refractivity contribution in [2.75, 3.05) is 39.3 Å². The van der Waals surface area contributed by atoms with Crippen molar-refractivity contribution in [1.82, 2.24) is 15.1 Å². The van der Waals surface area contributed by atoms with Crippen molar-refractivity contribution in [2.24, 2.45) is 0 Å². The van der Waals surface area contributed by atoms with Crippen molar-refractivity contribution in [2.45, 2.75) is 111 Å². The van der Waals surface area contributed by atoms with Crippen LogP contribution in [-0.4, -0.2) is 61.4 Å². The van der Waals surface area contributed by atoms with Gasteiger partial charge in [-0.1, -0.05) is 91.4 Å². The first kappa shape index (κ1) is 28.9. The van der Waals surface area contributed by atoms with Gasteiger partial charge in [0.1, 0.15) is 0 Å². The minimum absolute atomic E-state index is 0.207. The highest BCUT2D eigenvalue weighted by molar-refractivity contribution is 5.78. The van der Waals surface area contributed by atoms with Crippen molar-refractivity contribution < 1.29 is 9.59 Å². The van der Waals surface area contributed by atoms with Crippen molar-refractivity contribution in [3.05, 3.63) is 0 Å². The molecule has 0 saturated heterocycles. The molecule has 0 fully saturated rings. The van der Waals surface area contributed by atoms with Crippen LogP contribution in [0.15, 0.2) is 0 Å². The summed E-state index contributed by atoms with van der Waals surface area (Å²) in [5.74, 6) is 0.207. The molecular weight excluding hydrogens is 374 g/mol. The second kappa shape index (κ2) is 22.6. The number of carbonyl (C=O) groups excluding carboxylic acids is 2. The largest absolute Gasteiger partial charge is 0.357 e. The quantitative estimate of drug-likeness (QED) is 0.176. The van der Waals surface area contributed by atoms with Crippen LogP contribution in [0.1, 0.15) is 111 Å². The molecule has 1 N–H and O–H groups in total. The fraction of sp³-hybridized carbons (Fsp3) is 0.920. The predicted octanol–water partition coefficient (Wildman–Crippen LogP) is 5.38. The Kier molecular flexibility index (Phi) is 21.8. The molecule has 0 aliphatic carbocycles. The first-order chi connectivity index (χ1) is 14.7. The van der Waals surface area contributed by atoms with Gasteiger partial charge in [-0.2, -0.15) is 0 Å². The molecule has 0 aliphatic heterocycles. The maximum Gasteiger partial charge on any atom is 0.236 e. The number of amides is 2. The predicted molar refractivity (Wildman–Crippen MR) is 129 cm³/mol. The number of nitrogens with one attached hydrogen (secondary N) is 1. The zero-order valence-electron chi connectivity index (χ0n) is 20.4. The van der Waals surface area contributed by atoms with Gasteiger partial charge in [-0.3, -0.25) is 14.5 Å². The molecule has 0 unspecified atom stereocenters. The number of nitrogens with zero attached hydrogens (tertiary/aromatic N) is 2. The van der Waals surface area contributed by atoms with E-state index in [1.54, 1.807) is 0 Å². The summed E-state index contributed by atoms with van der Waals surface area (Å²) in [7, 11) is 0. The van der Waals surface area contributed by atoms with Crippen LogP contribution in [0.3, 0.4) is 0 Å². The summed E-state index contributed by atoms with van der Waals surface area (Å²) in [4.78, 5) is 27.7. The van der Waals surface area contributed by atoms with E-state index >= 15 is 0 Å². The van der Waals surface area contributed by atoms with Crippen LogP contribution >= 0.6 is 0 Å². The molecule has 0 spiro atoms. The Labute approximate surface area is 187 Å². The number of hydrogen-bond acceptors (Lipinski definition) is 3. The number of rotatable bonds is 23. The van der Waals surface area contributed by atoms with Gasteiger partial charge in [0.2, 0.25) is 12.3 Å². The molecule has 0 atom stereocenters. The number of hydrogen-bond donors (Lipinski definition) is 1. The second-order valence-corrected chi connectivity index (χ2v) is 8.62. The van der Waals surface area contributed by atoms with Gasteiger partial charge < -0.3 is 10.2 Å². The fourth-order valence-corrected chi connectivity index (χ4v) is 3.86. The van der Waals surface area contributed by atoms with E-state index in [1.165, 1.54) is 83.5 Å². The summed E-state index contributed by atoms with van der Waals surface area (Å²) in [5, 5.41) is 2.68. The molecule has 5 nitrogen and oxygen atoms in total. The van der Waals surface area contributed by atoms with E-state index in [0.29, 0.717) is 26.0 Å². The Bertz CT molecular complexity index is 391. The molecule has 0 heterocycles. The van der Waals surface area contributed by atoms with Crippen LogP contribution < -0.4 is 5.32 Å². The third kappa shape index (κ3) is 17.7. The summed E-state index contributed by atoms with van der Waals surface area (Å²) in [6.07, 6.45) is 18.5. The lowest BCUT2D eigenvalue weighted by atomic mass is 10.1. The van der Waals surface area contributed by atoms with Crippen molar-refractivity contribution in [1.29, 1.82) is 0 Å². The first-order valence-electron chi connectivity index (χ1n) is 12.9. The van der Waals surface area contributed by atoms with Gasteiger partial charge in [-0.25, -0.2) is 0 Å². The lowest BCUT2D eigenvalue weighted by Crippen LogP contribution is -2.44. The SMILES string of the molecule is CCCCCCCCCN(CCCCCCCC)CC(=O)N(CCC)CCNC=O. The van der Waals surface area contributed by atoms with Gasteiger partial charge in [-0.05, 0) is 32.4 Å². The highest BCUT2D eigenvalue weighted by atomic mass is 16.2. The first-order valence-corrected chi connectivity index (χ1v) is 12.9. The molecule has 5 heteroatoms. The zero-order chi connectivity index (χ0) is 22.3. The Morgan fingerprint density at radius 1 is 0.667 bits per heavy atom. The van der Waals surface area contributed by atoms with E-state index in [-0.39, 0.29) is 5.91 Å². The summed E-state index contributed by atoms with van der Waals surface area (Å²) in [5.41, 5.74) is 0. The van der Waals surface area contributed by atoms with E-state index in [4.69, 9.17) is 0 Å². The van der Waals surface area contributed by atoms with Gasteiger partial charge in [0, 0.05) is 19.6 Å². The fourth-order valence-electron chi connectivity index (χ4n) is 3.86. The molecule has 30 heavy (non-hydrogen) atoms. The summed E-state index contributed by atoms with van der Waals surface area (Å²) in [6, 6.07) is 0. The topological polar surface area (TPSA) is 52.7 Å². The summed E-state index contributed by atoms with van der Waals surface area (Å²) in [6.45, 7) is 11.1. The molecule has 0 rings (SSSR count). The van der Waals surface area contributed by atoms with Crippen LogP contribution in [0, 0.1) is 0 Å². The van der Waals surface area contributed by atoms with Crippen molar-refractivity contribution in [3.8, 4) is 0 Å². The Balaban J connectivity index is 4.43. The summed E-state index contributed by atoms with van der Waals surface area (Å²) < 4.78 is 0. The Hall–Kier alpha value is -1.10. The zero-order valence-corrected chi connectivity index (χ0v) is 20.4. The molecule has 2 amide bonds. The molecule has 0 aromatic rings. The van der Waals surface area contributed by atoms with Crippen molar-refractivity contribution in [3.63, 3.8) is 0 Å². The van der Waals surface area contributed by atoms with E-state index in [9.17, 15) is 9.59 Å². The van der Waals surface area contributed by atoms with Gasteiger partial charge >= 0.3 is 0 Å². The van der Waals surface area contributed by atoms with Crippen LogP contribution in [0.2, 0.25) is 0 Å². The van der Waals surface area contributed by atoms with Gasteiger partial charge in [0.15, 0.2) is 0 Å². The number of carbonyl (C=O) groups is 2. The van der Waals surface area contributed by atoms with E-state index in [2.05, 4.69) is 31.0 Å². The second-order valence-electron chi connectivity index (χ2n) is 8.62. The van der Waals surface area contributed by atoms with Gasteiger partial charge in [0.25, 0.3) is 0 Å². The Morgan fingerprint density at radius 2 is 1.17 bits per heavy atom. The maximum atomic E-state index is 12.9. The van der Waals surface area contributed by atoms with E-state index in [1.807, 2.05) is 4.90 Å². The molecule has 0 aromatic carbocycles. The van der Waals surface area contributed by atoms with Crippen molar-refractivity contribution >= 4 is 12.3 Å². The van der Waals surface area contributed by atoms with Gasteiger partial charge in [-0.15, -0.1) is 0 Å². The average Bonchev–Trinajstić information content (AvgIpc) is 2.74. The standard InChI is InChI=1S/C25H51N3O2/c1-4-7-9-11-13-15-17-21-27(20-16-14-12-10-8-5-2)23-25(30)28(19-6-3)22-18-26-24-29/h24H,4-23H2,1-3H3,(H,26,29). The molecule has 178 valence electrons. The van der Waals surface area contributed by atoms with E-state index < -0.39 is 0 Å². The lowest BCUT2D eigenvalue weighted by molar-refractivity contribution is -0.132. The third-order valence-corrected chi connectivity index (χ3v) is 5.72. The molecule has 0 aliphatic rings. The molecule has 0 bridgehead atoms. The minimum atomic E-state index is 0.207. The summed E-state index contributed by atoms with van der Waals surface area (Å²) >= 11 is 0. The Morgan fingerprint density at radius 3 is 1.63 bits per heavy atom. The van der Waals surface area contributed by atoms with Crippen LogP contribution in [-0.2, 0) is 9.59 Å². The third-order valence-electron chi connectivity index (χ3n) is 5.72. The van der Waals surface area contributed by atoms with Gasteiger partial charge in [0.05, 0.1) is 6.54 Å². The monoisotopic (exact) mass is 425 g/mol. The smallest absolute Gasteiger partial charge is 0.236 e. The number of unbranched alkanes of at least 4 members (excludes halogenated alkanes) is 11. The average molecular weight is 426 g/mol. The molecular formula is C25H51N3O2. The van der Waals surface area contributed by atoms with Crippen LogP contribution in [0.4, 0.5) is 0 Å². The molecule has 0 radical (unpaired) electrons. The van der Waals surface area contributed by atoms with Crippen LogP contribution in [0.5, 0.6) is 0 Å². The highest BCUT2D eigenvalue weighted by Crippen LogP contribution is 2.10. The molecule has 0 saturated carbocycles. The highest BCUT2D eigenvalue weighted by Gasteiger charge is 2.16. The minimum Gasteiger partial charge on any atom is -0.357 e. The van der Waals surface area contributed by atoms with E-state index in [0.717, 1.165) is 26.1 Å².